The number of ether oxygens (including phenoxy) is 1. The summed E-state index contributed by atoms with van der Waals surface area (Å²) in [6.45, 7) is 1.86. The van der Waals surface area contributed by atoms with E-state index in [2.05, 4.69) is 5.32 Å². The lowest BCUT2D eigenvalue weighted by Crippen LogP contribution is -2.36. The van der Waals surface area contributed by atoms with Gasteiger partial charge in [0.2, 0.25) is 5.91 Å². The van der Waals surface area contributed by atoms with E-state index in [4.69, 9.17) is 4.74 Å². The lowest BCUT2D eigenvalue weighted by Gasteiger charge is -2.26. The average Bonchev–Trinajstić information content (AvgIpc) is 2.26. The third kappa shape index (κ3) is 2.63. The minimum atomic E-state index is -0.403. The SMILES string of the molecule is COc1ccc([C@@H](C)NC(=O)C2CCC2)cc1F. The number of methoxy groups -OCH3 is 1. The van der Waals surface area contributed by atoms with Crippen molar-refractivity contribution in [1.82, 2.24) is 5.32 Å². The van der Waals surface area contributed by atoms with Crippen LogP contribution in [0.15, 0.2) is 18.2 Å². The minimum Gasteiger partial charge on any atom is -0.494 e. The van der Waals surface area contributed by atoms with Crippen LogP contribution in [0, 0.1) is 11.7 Å². The highest BCUT2D eigenvalue weighted by Gasteiger charge is 2.26. The van der Waals surface area contributed by atoms with E-state index in [1.165, 1.54) is 13.2 Å². The van der Waals surface area contributed by atoms with Crippen LogP contribution in [0.25, 0.3) is 0 Å². The van der Waals surface area contributed by atoms with Gasteiger partial charge in [0.1, 0.15) is 0 Å². The number of amides is 1. The fourth-order valence-electron chi connectivity index (χ4n) is 2.04. The van der Waals surface area contributed by atoms with Crippen LogP contribution in [-0.4, -0.2) is 13.0 Å². The zero-order valence-electron chi connectivity index (χ0n) is 10.7. The molecule has 0 aromatic heterocycles. The molecule has 2 rings (SSSR count). The van der Waals surface area contributed by atoms with Crippen molar-refractivity contribution in [2.24, 2.45) is 5.92 Å². The van der Waals surface area contributed by atoms with Gasteiger partial charge in [-0.1, -0.05) is 12.5 Å². The number of rotatable bonds is 4. The summed E-state index contributed by atoms with van der Waals surface area (Å²) in [4.78, 5) is 11.8. The molecule has 1 aliphatic carbocycles. The van der Waals surface area contributed by atoms with E-state index in [0.29, 0.717) is 0 Å². The summed E-state index contributed by atoms with van der Waals surface area (Å²) < 4.78 is 18.4. The number of halogens is 1. The summed E-state index contributed by atoms with van der Waals surface area (Å²) in [7, 11) is 1.43. The number of nitrogens with one attached hydrogen (secondary N) is 1. The highest BCUT2D eigenvalue weighted by molar-refractivity contribution is 5.79. The molecule has 0 spiro atoms. The van der Waals surface area contributed by atoms with E-state index in [1.807, 2.05) is 6.92 Å². The van der Waals surface area contributed by atoms with Crippen molar-refractivity contribution in [3.63, 3.8) is 0 Å². The van der Waals surface area contributed by atoms with Gasteiger partial charge in [0, 0.05) is 5.92 Å². The van der Waals surface area contributed by atoms with Gasteiger partial charge in [0.05, 0.1) is 13.2 Å². The van der Waals surface area contributed by atoms with Crippen LogP contribution in [0.4, 0.5) is 4.39 Å². The van der Waals surface area contributed by atoms with Gasteiger partial charge in [-0.25, -0.2) is 4.39 Å². The van der Waals surface area contributed by atoms with Crippen molar-refractivity contribution in [2.75, 3.05) is 7.11 Å². The second-order valence-corrected chi connectivity index (χ2v) is 4.75. The van der Waals surface area contributed by atoms with Crippen molar-refractivity contribution in [2.45, 2.75) is 32.2 Å². The van der Waals surface area contributed by atoms with E-state index in [9.17, 15) is 9.18 Å². The topological polar surface area (TPSA) is 38.3 Å². The van der Waals surface area contributed by atoms with E-state index in [-0.39, 0.29) is 23.6 Å². The maximum Gasteiger partial charge on any atom is 0.223 e. The molecule has 3 nitrogen and oxygen atoms in total. The van der Waals surface area contributed by atoms with Gasteiger partial charge in [0.15, 0.2) is 11.6 Å². The van der Waals surface area contributed by atoms with Crippen molar-refractivity contribution in [3.8, 4) is 5.75 Å². The summed E-state index contributed by atoms with van der Waals surface area (Å²) in [5.41, 5.74) is 0.751. The molecule has 1 atom stereocenters. The highest BCUT2D eigenvalue weighted by atomic mass is 19.1. The lowest BCUT2D eigenvalue weighted by atomic mass is 9.84. The summed E-state index contributed by atoms with van der Waals surface area (Å²) in [6.07, 6.45) is 3.06. The molecule has 0 radical (unpaired) electrons. The second kappa shape index (κ2) is 5.38. The molecule has 0 aliphatic heterocycles. The summed E-state index contributed by atoms with van der Waals surface area (Å²) >= 11 is 0. The molecule has 1 aromatic rings. The van der Waals surface area contributed by atoms with Crippen molar-refractivity contribution in [3.05, 3.63) is 29.6 Å². The molecule has 1 saturated carbocycles. The van der Waals surface area contributed by atoms with Gasteiger partial charge in [-0.15, -0.1) is 0 Å². The largest absolute Gasteiger partial charge is 0.494 e. The monoisotopic (exact) mass is 251 g/mol. The van der Waals surface area contributed by atoms with Gasteiger partial charge in [-0.05, 0) is 37.5 Å². The molecule has 1 N–H and O–H groups in total. The molecule has 18 heavy (non-hydrogen) atoms. The first-order chi connectivity index (χ1) is 8.61. The Morgan fingerprint density at radius 2 is 2.22 bits per heavy atom. The minimum absolute atomic E-state index is 0.0741. The summed E-state index contributed by atoms with van der Waals surface area (Å²) in [5.74, 6) is 0.0385. The van der Waals surface area contributed by atoms with E-state index >= 15 is 0 Å². The van der Waals surface area contributed by atoms with Gasteiger partial charge < -0.3 is 10.1 Å². The molecular weight excluding hydrogens is 233 g/mol. The quantitative estimate of drug-likeness (QED) is 0.893. The first-order valence-electron chi connectivity index (χ1n) is 6.25. The highest BCUT2D eigenvalue weighted by Crippen LogP contribution is 2.28. The van der Waals surface area contributed by atoms with E-state index < -0.39 is 5.82 Å². The molecular formula is C14H18FNO2. The summed E-state index contributed by atoms with van der Waals surface area (Å²) in [5, 5.41) is 2.92. The van der Waals surface area contributed by atoms with Crippen LogP contribution in [0.2, 0.25) is 0 Å². The number of carbonyl (C=O) groups excluding carboxylic acids is 1. The fraction of sp³-hybridized carbons (Fsp3) is 0.500. The number of carbonyl (C=O) groups is 1. The molecule has 1 amide bonds. The van der Waals surface area contributed by atoms with Crippen LogP contribution in [0.5, 0.6) is 5.75 Å². The zero-order chi connectivity index (χ0) is 13.1. The van der Waals surface area contributed by atoms with Crippen molar-refractivity contribution >= 4 is 5.91 Å². The fourth-order valence-corrected chi connectivity index (χ4v) is 2.04. The van der Waals surface area contributed by atoms with Gasteiger partial charge in [-0.3, -0.25) is 4.79 Å². The van der Waals surface area contributed by atoms with Crippen LogP contribution in [0.1, 0.15) is 37.8 Å². The van der Waals surface area contributed by atoms with Gasteiger partial charge in [0.25, 0.3) is 0 Å². The standard InChI is InChI=1S/C14H18FNO2/c1-9(16-14(17)10-4-3-5-10)11-6-7-13(18-2)12(15)8-11/h6-10H,3-5H2,1-2H3,(H,16,17)/t9-/m1/s1. The van der Waals surface area contributed by atoms with E-state index in [1.54, 1.807) is 12.1 Å². The first kappa shape index (κ1) is 12.9. The molecule has 98 valence electrons. The first-order valence-corrected chi connectivity index (χ1v) is 6.25. The third-order valence-electron chi connectivity index (χ3n) is 3.51. The normalized spacial score (nSPS) is 16.8. The Kier molecular flexibility index (Phi) is 3.84. The smallest absolute Gasteiger partial charge is 0.223 e. The van der Waals surface area contributed by atoms with Crippen LogP contribution < -0.4 is 10.1 Å². The van der Waals surface area contributed by atoms with Crippen LogP contribution in [0.3, 0.4) is 0 Å². The Balaban J connectivity index is 2.01. The summed E-state index contributed by atoms with van der Waals surface area (Å²) in [6, 6.07) is 4.58. The molecule has 0 unspecified atom stereocenters. The maximum atomic E-state index is 13.5. The maximum absolute atomic E-state index is 13.5. The Morgan fingerprint density at radius 1 is 1.50 bits per heavy atom. The Bertz CT molecular complexity index is 443. The van der Waals surface area contributed by atoms with Gasteiger partial charge in [-0.2, -0.15) is 0 Å². The number of hydrogen-bond donors (Lipinski definition) is 1. The molecule has 1 aromatic carbocycles. The molecule has 4 heteroatoms. The molecule has 0 bridgehead atoms. The predicted molar refractivity (Wildman–Crippen MR) is 66.9 cm³/mol. The molecule has 1 fully saturated rings. The Morgan fingerprint density at radius 3 is 2.72 bits per heavy atom. The van der Waals surface area contributed by atoms with Crippen molar-refractivity contribution in [1.29, 1.82) is 0 Å². The molecule has 0 heterocycles. The van der Waals surface area contributed by atoms with Crippen LogP contribution in [-0.2, 0) is 4.79 Å². The Labute approximate surface area is 106 Å². The van der Waals surface area contributed by atoms with E-state index in [0.717, 1.165) is 24.8 Å². The zero-order valence-corrected chi connectivity index (χ0v) is 10.7. The lowest BCUT2D eigenvalue weighted by molar-refractivity contribution is -0.128. The second-order valence-electron chi connectivity index (χ2n) is 4.75. The number of hydrogen-bond acceptors (Lipinski definition) is 2. The number of benzene rings is 1. The Hall–Kier alpha value is -1.58. The third-order valence-corrected chi connectivity index (χ3v) is 3.51. The van der Waals surface area contributed by atoms with Crippen LogP contribution >= 0.6 is 0 Å². The predicted octanol–water partition coefficient (Wildman–Crippen LogP) is 2.81. The van der Waals surface area contributed by atoms with Crippen molar-refractivity contribution < 1.29 is 13.9 Å². The molecule has 0 saturated heterocycles. The van der Waals surface area contributed by atoms with Gasteiger partial charge >= 0.3 is 0 Å². The molecule has 1 aliphatic rings. The average molecular weight is 251 g/mol.